The quantitative estimate of drug-likeness (QED) is 0.553. The van der Waals surface area contributed by atoms with Gasteiger partial charge in [0, 0.05) is 22.6 Å². The van der Waals surface area contributed by atoms with Gasteiger partial charge in [0.2, 0.25) is 16.0 Å². The zero-order chi connectivity index (χ0) is 23.7. The van der Waals surface area contributed by atoms with Crippen molar-refractivity contribution in [2.24, 2.45) is 0 Å². The van der Waals surface area contributed by atoms with Crippen LogP contribution in [0.1, 0.15) is 36.8 Å². The molecule has 1 aromatic carbocycles. The van der Waals surface area contributed by atoms with Crippen molar-refractivity contribution in [2.75, 3.05) is 16.3 Å². The number of aryl methyl sites for hydroxylation is 1. The zero-order valence-electron chi connectivity index (χ0n) is 18.3. The van der Waals surface area contributed by atoms with Gasteiger partial charge < -0.3 is 10.1 Å². The van der Waals surface area contributed by atoms with Crippen LogP contribution >= 0.6 is 11.6 Å². The second kappa shape index (κ2) is 8.79. The maximum Gasteiger partial charge on any atom is 0.257 e. The number of sulfonamides is 1. The molecular weight excluding hydrogens is 454 g/mol. The van der Waals surface area contributed by atoms with Crippen molar-refractivity contribution in [1.29, 1.82) is 0 Å². The number of carbonyl (C=O) groups excluding carboxylic acids is 1. The van der Waals surface area contributed by atoms with Crippen LogP contribution in [0.2, 0.25) is 5.02 Å². The lowest BCUT2D eigenvalue weighted by molar-refractivity contribution is 0.102. The fraction of sp³-hybridized carbons (Fsp3) is 0.286. The van der Waals surface area contributed by atoms with Crippen molar-refractivity contribution in [3.05, 3.63) is 59.1 Å². The number of carbonyl (C=O) groups is 1. The summed E-state index contributed by atoms with van der Waals surface area (Å²) < 4.78 is 32.7. The summed E-state index contributed by atoms with van der Waals surface area (Å²) in [6.45, 7) is 7.62. The van der Waals surface area contributed by atoms with Gasteiger partial charge in [-0.05, 0) is 52.0 Å². The van der Waals surface area contributed by atoms with Crippen LogP contribution in [-0.4, -0.2) is 40.7 Å². The third-order valence-corrected chi connectivity index (χ3v) is 4.81. The van der Waals surface area contributed by atoms with Gasteiger partial charge in [-0.25, -0.2) is 18.4 Å². The molecule has 0 saturated carbocycles. The third-order valence-electron chi connectivity index (χ3n) is 3.99. The largest absolute Gasteiger partial charge is 0.485 e. The first-order valence-electron chi connectivity index (χ1n) is 9.59. The molecule has 0 radical (unpaired) electrons. The van der Waals surface area contributed by atoms with E-state index in [9.17, 15) is 13.2 Å². The number of rotatable bonds is 6. The summed E-state index contributed by atoms with van der Waals surface area (Å²) in [7, 11) is -3.49. The van der Waals surface area contributed by atoms with E-state index < -0.39 is 15.9 Å². The van der Waals surface area contributed by atoms with Crippen molar-refractivity contribution in [3.8, 4) is 11.7 Å². The molecule has 0 atom stereocenters. The Hall–Kier alpha value is -3.11. The van der Waals surface area contributed by atoms with Crippen molar-refractivity contribution >= 4 is 38.9 Å². The first-order valence-corrected chi connectivity index (χ1v) is 11.9. The Morgan fingerprint density at radius 3 is 2.31 bits per heavy atom. The number of benzene rings is 1. The molecule has 0 aliphatic carbocycles. The van der Waals surface area contributed by atoms with Crippen LogP contribution in [0.5, 0.6) is 5.75 Å². The summed E-state index contributed by atoms with van der Waals surface area (Å²) in [5.74, 6) is 0.542. The topological polar surface area (TPSA) is 115 Å². The monoisotopic (exact) mass is 477 g/mol. The van der Waals surface area contributed by atoms with Gasteiger partial charge in [0.15, 0.2) is 5.75 Å². The molecule has 0 fully saturated rings. The molecule has 0 aliphatic heterocycles. The van der Waals surface area contributed by atoms with Crippen LogP contribution in [-0.2, 0) is 10.0 Å². The summed E-state index contributed by atoms with van der Waals surface area (Å²) >= 11 is 6.05. The molecule has 0 bridgehead atoms. The normalized spacial score (nSPS) is 11.8. The van der Waals surface area contributed by atoms with E-state index in [1.807, 2.05) is 27.7 Å². The van der Waals surface area contributed by atoms with Gasteiger partial charge in [-0.2, -0.15) is 0 Å². The van der Waals surface area contributed by atoms with E-state index in [-0.39, 0.29) is 16.3 Å². The molecule has 0 spiro atoms. The summed E-state index contributed by atoms with van der Waals surface area (Å²) in [5, 5.41) is 2.99. The first kappa shape index (κ1) is 23.6. The zero-order valence-corrected chi connectivity index (χ0v) is 19.9. The SMILES string of the molecule is Cc1cc(C(=O)Nc2cc(Cl)cc(NS(C)(=O)=O)c2)cn1-c1ncc(OC(C)(C)C)cn1. The lowest BCUT2D eigenvalue weighted by Crippen LogP contribution is -2.23. The number of aromatic nitrogens is 3. The molecule has 2 aromatic heterocycles. The number of halogens is 1. The molecule has 170 valence electrons. The van der Waals surface area contributed by atoms with Crippen LogP contribution in [0.4, 0.5) is 11.4 Å². The predicted molar refractivity (Wildman–Crippen MR) is 124 cm³/mol. The Labute approximate surface area is 191 Å². The van der Waals surface area contributed by atoms with E-state index in [1.165, 1.54) is 18.2 Å². The van der Waals surface area contributed by atoms with Gasteiger partial charge in [-0.15, -0.1) is 0 Å². The van der Waals surface area contributed by atoms with Crippen molar-refractivity contribution < 1.29 is 17.9 Å². The third kappa shape index (κ3) is 6.44. The minimum Gasteiger partial charge on any atom is -0.485 e. The number of hydrogen-bond acceptors (Lipinski definition) is 6. The molecule has 2 N–H and O–H groups in total. The molecule has 3 rings (SSSR count). The molecule has 0 saturated heterocycles. The van der Waals surface area contributed by atoms with Crippen LogP contribution in [0, 0.1) is 6.92 Å². The van der Waals surface area contributed by atoms with E-state index >= 15 is 0 Å². The van der Waals surface area contributed by atoms with Gasteiger partial charge in [0.05, 0.1) is 29.9 Å². The maximum absolute atomic E-state index is 12.8. The van der Waals surface area contributed by atoms with Crippen LogP contribution < -0.4 is 14.8 Å². The fourth-order valence-corrected chi connectivity index (χ4v) is 3.67. The van der Waals surface area contributed by atoms with Gasteiger partial charge in [0.25, 0.3) is 5.91 Å². The molecule has 2 heterocycles. The van der Waals surface area contributed by atoms with Crippen LogP contribution in [0.25, 0.3) is 5.95 Å². The highest BCUT2D eigenvalue weighted by atomic mass is 35.5. The smallest absolute Gasteiger partial charge is 0.257 e. The molecule has 1 amide bonds. The Kier molecular flexibility index (Phi) is 6.47. The average molecular weight is 478 g/mol. The molecule has 11 heteroatoms. The molecule has 0 unspecified atom stereocenters. The highest BCUT2D eigenvalue weighted by molar-refractivity contribution is 7.92. The number of nitrogens with zero attached hydrogens (tertiary/aromatic N) is 3. The van der Waals surface area contributed by atoms with Gasteiger partial charge in [0.1, 0.15) is 5.60 Å². The first-order chi connectivity index (χ1) is 14.8. The van der Waals surface area contributed by atoms with E-state index in [4.69, 9.17) is 16.3 Å². The number of nitrogens with one attached hydrogen (secondary N) is 2. The van der Waals surface area contributed by atoms with E-state index in [1.54, 1.807) is 29.2 Å². The Morgan fingerprint density at radius 2 is 1.72 bits per heavy atom. The van der Waals surface area contributed by atoms with E-state index in [0.717, 1.165) is 11.9 Å². The number of ether oxygens (including phenoxy) is 1. The number of amides is 1. The predicted octanol–water partition coefficient (Wildman–Crippen LogP) is 4.03. The van der Waals surface area contributed by atoms with Gasteiger partial charge in [-0.1, -0.05) is 11.6 Å². The summed E-state index contributed by atoms with van der Waals surface area (Å²) in [6.07, 6.45) is 5.80. The molecule has 9 nitrogen and oxygen atoms in total. The van der Waals surface area contributed by atoms with E-state index in [2.05, 4.69) is 20.0 Å². The molecule has 3 aromatic rings. The Bertz CT molecular complexity index is 1250. The summed E-state index contributed by atoms with van der Waals surface area (Å²) in [5.41, 5.74) is 1.36. The van der Waals surface area contributed by atoms with Crippen molar-refractivity contribution in [3.63, 3.8) is 0 Å². The number of anilines is 2. The molecule has 32 heavy (non-hydrogen) atoms. The van der Waals surface area contributed by atoms with Crippen LogP contribution in [0.3, 0.4) is 0 Å². The average Bonchev–Trinajstić information content (AvgIpc) is 3.01. The minimum absolute atomic E-state index is 0.245. The van der Waals surface area contributed by atoms with Gasteiger partial charge >= 0.3 is 0 Å². The Balaban J connectivity index is 1.79. The summed E-state index contributed by atoms with van der Waals surface area (Å²) in [4.78, 5) is 21.4. The highest BCUT2D eigenvalue weighted by Crippen LogP contribution is 2.24. The minimum atomic E-state index is -3.49. The maximum atomic E-state index is 12.8. The second-order valence-corrected chi connectivity index (χ2v) is 10.4. The second-order valence-electron chi connectivity index (χ2n) is 8.23. The van der Waals surface area contributed by atoms with Crippen molar-refractivity contribution in [2.45, 2.75) is 33.3 Å². The van der Waals surface area contributed by atoms with Crippen LogP contribution in [0.15, 0.2) is 42.9 Å². The number of hydrogen-bond donors (Lipinski definition) is 2. The van der Waals surface area contributed by atoms with Gasteiger partial charge in [-0.3, -0.25) is 14.1 Å². The van der Waals surface area contributed by atoms with E-state index in [0.29, 0.717) is 22.9 Å². The standard InChI is InChI=1S/C21H24ClN5O4S/c1-13-6-14(12-27(13)20-23-10-18(11-24-20)31-21(2,3)4)19(28)25-16-7-15(22)8-17(9-16)26-32(5,29)30/h6-12,26H,1-5H3,(H,25,28). The molecule has 0 aliphatic rings. The van der Waals surface area contributed by atoms with Crippen molar-refractivity contribution in [1.82, 2.24) is 14.5 Å². The Morgan fingerprint density at radius 1 is 1.09 bits per heavy atom. The fourth-order valence-electron chi connectivity index (χ4n) is 2.89. The lowest BCUT2D eigenvalue weighted by atomic mass is 10.2. The summed E-state index contributed by atoms with van der Waals surface area (Å²) in [6, 6.07) is 6.14. The highest BCUT2D eigenvalue weighted by Gasteiger charge is 2.16. The lowest BCUT2D eigenvalue weighted by Gasteiger charge is -2.20. The molecular formula is C21H24ClN5O4S.